The van der Waals surface area contributed by atoms with E-state index in [1.807, 2.05) is 0 Å². The molecule has 8 heteroatoms. The normalized spacial score (nSPS) is 10.2. The lowest BCUT2D eigenvalue weighted by molar-refractivity contribution is -0.118. The van der Waals surface area contributed by atoms with Crippen molar-refractivity contribution in [2.45, 2.75) is 4.34 Å². The van der Waals surface area contributed by atoms with Gasteiger partial charge in [0.15, 0.2) is 4.34 Å². The molecule has 0 aliphatic rings. The van der Waals surface area contributed by atoms with Gasteiger partial charge in [-0.25, -0.2) is 4.39 Å². The molecule has 0 atom stereocenters. The number of nitrogens with one attached hydrogen (secondary N) is 2. The lowest BCUT2D eigenvalue weighted by Gasteiger charge is -2.01. The molecule has 1 amide bonds. The largest absolute Gasteiger partial charge is 0.358 e. The minimum atomic E-state index is -0.350. The average molecular weight is 298 g/mol. The van der Waals surface area contributed by atoms with Crippen molar-refractivity contribution in [1.82, 2.24) is 15.5 Å². The number of aromatic nitrogens is 2. The third-order valence-electron chi connectivity index (χ3n) is 2.13. The molecule has 100 valence electrons. The van der Waals surface area contributed by atoms with E-state index in [0.29, 0.717) is 15.2 Å². The van der Waals surface area contributed by atoms with Gasteiger partial charge in [-0.2, -0.15) is 0 Å². The molecule has 0 saturated heterocycles. The van der Waals surface area contributed by atoms with Gasteiger partial charge in [-0.05, 0) is 12.1 Å². The van der Waals surface area contributed by atoms with Gasteiger partial charge in [0.05, 0.1) is 11.4 Å². The number of para-hydroxylation sites is 1. The minimum absolute atomic E-state index is 0.0798. The molecule has 0 radical (unpaired) electrons. The Balaban J connectivity index is 1.98. The molecule has 0 unspecified atom stereocenters. The second-order valence-electron chi connectivity index (χ2n) is 3.44. The Morgan fingerprint density at radius 3 is 2.95 bits per heavy atom. The summed E-state index contributed by atoms with van der Waals surface area (Å²) >= 11 is 2.56. The van der Waals surface area contributed by atoms with Crippen molar-refractivity contribution in [3.8, 4) is 0 Å². The van der Waals surface area contributed by atoms with Crippen LogP contribution in [0, 0.1) is 5.82 Å². The molecule has 0 aliphatic heterocycles. The number of amides is 1. The quantitative estimate of drug-likeness (QED) is 0.829. The average Bonchev–Trinajstić information content (AvgIpc) is 2.86. The summed E-state index contributed by atoms with van der Waals surface area (Å²) in [4.78, 5) is 11.1. The third-order valence-corrected chi connectivity index (χ3v) is 4.10. The first-order valence-corrected chi connectivity index (χ1v) is 7.17. The highest BCUT2D eigenvalue weighted by Gasteiger charge is 2.08. The number of anilines is 2. The standard InChI is InChI=1S/C11H11FN4OS2/c1-13-9(17)6-18-11-16-15-10(19-11)14-8-5-3-2-4-7(8)12/h2-5H,6H2,1H3,(H,13,17)(H,14,15). The smallest absolute Gasteiger partial charge is 0.230 e. The van der Waals surface area contributed by atoms with E-state index in [-0.39, 0.29) is 17.5 Å². The summed E-state index contributed by atoms with van der Waals surface area (Å²) in [6.45, 7) is 0. The minimum Gasteiger partial charge on any atom is -0.358 e. The highest BCUT2D eigenvalue weighted by Crippen LogP contribution is 2.28. The highest BCUT2D eigenvalue weighted by atomic mass is 32.2. The maximum absolute atomic E-state index is 13.4. The number of carbonyl (C=O) groups is 1. The molecule has 0 fully saturated rings. The predicted octanol–water partition coefficient (Wildman–Crippen LogP) is 2.26. The lowest BCUT2D eigenvalue weighted by Crippen LogP contribution is -2.19. The molecule has 19 heavy (non-hydrogen) atoms. The number of carbonyl (C=O) groups excluding carboxylic acids is 1. The molecule has 2 rings (SSSR count). The van der Waals surface area contributed by atoms with Crippen molar-refractivity contribution in [1.29, 1.82) is 0 Å². The van der Waals surface area contributed by atoms with Crippen LogP contribution in [0.5, 0.6) is 0 Å². The van der Waals surface area contributed by atoms with Crippen LogP contribution in [0.25, 0.3) is 0 Å². The fraction of sp³-hybridized carbons (Fsp3) is 0.182. The summed E-state index contributed by atoms with van der Waals surface area (Å²) < 4.78 is 14.1. The molecule has 2 aromatic rings. The molecular weight excluding hydrogens is 287 g/mol. The fourth-order valence-corrected chi connectivity index (χ4v) is 2.83. The van der Waals surface area contributed by atoms with Crippen molar-refractivity contribution in [3.63, 3.8) is 0 Å². The second kappa shape index (κ2) is 6.48. The third kappa shape index (κ3) is 3.90. The van der Waals surface area contributed by atoms with Crippen LogP contribution in [-0.2, 0) is 4.79 Å². The molecule has 0 aliphatic carbocycles. The van der Waals surface area contributed by atoms with Gasteiger partial charge in [0.1, 0.15) is 5.82 Å². The Morgan fingerprint density at radius 2 is 2.21 bits per heavy atom. The maximum Gasteiger partial charge on any atom is 0.230 e. The maximum atomic E-state index is 13.4. The first-order chi connectivity index (χ1) is 9.19. The highest BCUT2D eigenvalue weighted by molar-refractivity contribution is 8.01. The first-order valence-electron chi connectivity index (χ1n) is 5.37. The zero-order chi connectivity index (χ0) is 13.7. The number of halogens is 1. The summed E-state index contributed by atoms with van der Waals surface area (Å²) in [6.07, 6.45) is 0. The first kappa shape index (κ1) is 13.8. The van der Waals surface area contributed by atoms with E-state index in [1.165, 1.54) is 29.2 Å². The van der Waals surface area contributed by atoms with E-state index in [4.69, 9.17) is 0 Å². The van der Waals surface area contributed by atoms with Gasteiger partial charge < -0.3 is 10.6 Å². The molecule has 0 spiro atoms. The summed E-state index contributed by atoms with van der Waals surface area (Å²) in [5, 5.41) is 13.7. The van der Waals surface area contributed by atoms with Crippen LogP contribution in [0.2, 0.25) is 0 Å². The summed E-state index contributed by atoms with van der Waals surface area (Å²) in [7, 11) is 1.58. The second-order valence-corrected chi connectivity index (χ2v) is 5.64. The Labute approximate surface area is 117 Å². The molecular formula is C11H11FN4OS2. The summed E-state index contributed by atoms with van der Waals surface area (Å²) in [6, 6.07) is 6.33. The van der Waals surface area contributed by atoms with Crippen LogP contribution >= 0.6 is 23.1 Å². The van der Waals surface area contributed by atoms with Crippen LogP contribution in [0.4, 0.5) is 15.2 Å². The number of rotatable bonds is 5. The molecule has 1 aromatic carbocycles. The number of thioether (sulfide) groups is 1. The van der Waals surface area contributed by atoms with Crippen molar-refractivity contribution in [2.75, 3.05) is 18.1 Å². The fourth-order valence-electron chi connectivity index (χ4n) is 1.20. The zero-order valence-corrected chi connectivity index (χ0v) is 11.6. The molecule has 5 nitrogen and oxygen atoms in total. The number of nitrogens with zero attached hydrogens (tertiary/aromatic N) is 2. The van der Waals surface area contributed by atoms with Crippen LogP contribution in [0.15, 0.2) is 28.6 Å². The summed E-state index contributed by atoms with van der Waals surface area (Å²) in [5.74, 6) is -0.147. The molecule has 1 aromatic heterocycles. The van der Waals surface area contributed by atoms with Gasteiger partial charge in [0.2, 0.25) is 11.0 Å². The molecule has 0 saturated carbocycles. The van der Waals surface area contributed by atoms with E-state index in [9.17, 15) is 9.18 Å². The van der Waals surface area contributed by atoms with E-state index in [1.54, 1.807) is 25.2 Å². The molecule has 1 heterocycles. The van der Waals surface area contributed by atoms with Gasteiger partial charge in [-0.15, -0.1) is 10.2 Å². The monoisotopic (exact) mass is 298 g/mol. The van der Waals surface area contributed by atoms with Gasteiger partial charge in [0, 0.05) is 7.05 Å². The number of hydrogen-bond acceptors (Lipinski definition) is 6. The van der Waals surface area contributed by atoms with E-state index in [2.05, 4.69) is 20.8 Å². The Morgan fingerprint density at radius 1 is 1.42 bits per heavy atom. The predicted molar refractivity (Wildman–Crippen MR) is 74.4 cm³/mol. The van der Waals surface area contributed by atoms with E-state index in [0.717, 1.165) is 0 Å². The SMILES string of the molecule is CNC(=O)CSc1nnc(Nc2ccccc2F)s1. The Hall–Kier alpha value is -1.67. The van der Waals surface area contributed by atoms with E-state index < -0.39 is 0 Å². The van der Waals surface area contributed by atoms with Crippen molar-refractivity contribution in [2.24, 2.45) is 0 Å². The lowest BCUT2D eigenvalue weighted by atomic mass is 10.3. The number of hydrogen-bond donors (Lipinski definition) is 2. The van der Waals surface area contributed by atoms with E-state index >= 15 is 0 Å². The van der Waals surface area contributed by atoms with Crippen LogP contribution < -0.4 is 10.6 Å². The van der Waals surface area contributed by atoms with Gasteiger partial charge >= 0.3 is 0 Å². The van der Waals surface area contributed by atoms with Gasteiger partial charge in [-0.3, -0.25) is 4.79 Å². The molecule has 0 bridgehead atoms. The zero-order valence-electron chi connectivity index (χ0n) is 10.0. The topological polar surface area (TPSA) is 66.9 Å². The molecule has 2 N–H and O–H groups in total. The van der Waals surface area contributed by atoms with Crippen LogP contribution in [0.1, 0.15) is 0 Å². The number of benzene rings is 1. The van der Waals surface area contributed by atoms with Gasteiger partial charge in [-0.1, -0.05) is 35.2 Å². The Bertz CT molecular complexity index is 575. The van der Waals surface area contributed by atoms with Crippen molar-refractivity contribution in [3.05, 3.63) is 30.1 Å². The summed E-state index contributed by atoms with van der Waals surface area (Å²) in [5.41, 5.74) is 0.349. The van der Waals surface area contributed by atoms with Crippen LogP contribution in [0.3, 0.4) is 0 Å². The van der Waals surface area contributed by atoms with Crippen molar-refractivity contribution < 1.29 is 9.18 Å². The van der Waals surface area contributed by atoms with Crippen LogP contribution in [-0.4, -0.2) is 28.9 Å². The Kier molecular flexibility index (Phi) is 4.69. The van der Waals surface area contributed by atoms with Crippen molar-refractivity contribution >= 4 is 39.8 Å². The van der Waals surface area contributed by atoms with Gasteiger partial charge in [0.25, 0.3) is 0 Å².